The maximum Gasteiger partial charge on any atom is 0.242 e. The van der Waals surface area contributed by atoms with E-state index in [4.69, 9.17) is 4.98 Å². The van der Waals surface area contributed by atoms with Gasteiger partial charge in [0.15, 0.2) is 0 Å². The summed E-state index contributed by atoms with van der Waals surface area (Å²) in [6.07, 6.45) is 4.93. The molecule has 1 aromatic heterocycles. The molecule has 0 radical (unpaired) electrons. The maximum absolute atomic E-state index is 13.2. The van der Waals surface area contributed by atoms with Crippen LogP contribution in [0.1, 0.15) is 43.8 Å². The Balaban J connectivity index is 1.44. The van der Waals surface area contributed by atoms with Crippen molar-refractivity contribution in [2.24, 2.45) is 0 Å². The van der Waals surface area contributed by atoms with Crippen LogP contribution >= 0.6 is 15.9 Å². The van der Waals surface area contributed by atoms with Crippen LogP contribution in [0, 0.1) is 0 Å². The number of para-hydroxylation sites is 2. The molecule has 0 aliphatic carbocycles. The van der Waals surface area contributed by atoms with Gasteiger partial charge in [-0.05, 0) is 49.2 Å². The van der Waals surface area contributed by atoms with E-state index in [0.29, 0.717) is 13.0 Å². The topological polar surface area (TPSA) is 58.4 Å². The van der Waals surface area contributed by atoms with E-state index in [1.54, 1.807) is 0 Å². The molecule has 0 N–H and O–H groups in total. The van der Waals surface area contributed by atoms with Gasteiger partial charge in [0.05, 0.1) is 11.0 Å². The van der Waals surface area contributed by atoms with Crippen LogP contribution in [0.5, 0.6) is 0 Å². The molecule has 0 saturated carbocycles. The molecule has 3 heterocycles. The van der Waals surface area contributed by atoms with Gasteiger partial charge in [0.2, 0.25) is 11.8 Å². The number of amides is 2. The fourth-order valence-electron chi connectivity index (χ4n) is 4.88. The first-order valence-electron chi connectivity index (χ1n) is 11.4. The zero-order valence-electron chi connectivity index (χ0n) is 18.0. The van der Waals surface area contributed by atoms with Crippen LogP contribution in [0.2, 0.25) is 0 Å². The second-order valence-electron chi connectivity index (χ2n) is 8.72. The van der Waals surface area contributed by atoms with Gasteiger partial charge < -0.3 is 14.4 Å². The summed E-state index contributed by atoms with van der Waals surface area (Å²) in [5.74, 6) is 1.03. The van der Waals surface area contributed by atoms with Crippen molar-refractivity contribution in [1.29, 1.82) is 0 Å². The predicted octanol–water partition coefficient (Wildman–Crippen LogP) is 4.72. The third-order valence-corrected chi connectivity index (χ3v) is 7.09. The van der Waals surface area contributed by atoms with Gasteiger partial charge in [-0.2, -0.15) is 0 Å². The molecule has 2 aliphatic rings. The smallest absolute Gasteiger partial charge is 0.242 e. The monoisotopic (exact) mass is 494 g/mol. The minimum atomic E-state index is -0.0459. The molecule has 6 nitrogen and oxygen atoms in total. The van der Waals surface area contributed by atoms with Gasteiger partial charge >= 0.3 is 0 Å². The number of likely N-dealkylation sites (tertiary alicyclic amines) is 1. The van der Waals surface area contributed by atoms with Crippen LogP contribution in [0.4, 0.5) is 5.69 Å². The minimum Gasteiger partial charge on any atom is -0.341 e. The van der Waals surface area contributed by atoms with E-state index in [1.165, 1.54) is 12.8 Å². The molecule has 1 unspecified atom stereocenters. The van der Waals surface area contributed by atoms with Crippen molar-refractivity contribution in [3.05, 3.63) is 58.8 Å². The van der Waals surface area contributed by atoms with Crippen LogP contribution in [-0.2, 0) is 16.1 Å². The minimum absolute atomic E-state index is 0.0459. The Morgan fingerprint density at radius 1 is 1.00 bits per heavy atom. The summed E-state index contributed by atoms with van der Waals surface area (Å²) in [6, 6.07) is 15.8. The van der Waals surface area contributed by atoms with Crippen molar-refractivity contribution in [3.63, 3.8) is 0 Å². The van der Waals surface area contributed by atoms with Gasteiger partial charge in [0.1, 0.15) is 12.4 Å². The number of benzene rings is 2. The fraction of sp³-hybridized carbons (Fsp3) is 0.400. The highest BCUT2D eigenvalue weighted by Gasteiger charge is 2.35. The number of carbonyl (C=O) groups excluding carboxylic acids is 2. The largest absolute Gasteiger partial charge is 0.341 e. The Morgan fingerprint density at radius 2 is 1.72 bits per heavy atom. The number of halogens is 1. The van der Waals surface area contributed by atoms with Gasteiger partial charge in [-0.15, -0.1) is 0 Å². The lowest BCUT2D eigenvalue weighted by Crippen LogP contribution is -2.35. The summed E-state index contributed by atoms with van der Waals surface area (Å²) < 4.78 is 3.03. The summed E-state index contributed by atoms with van der Waals surface area (Å²) >= 11 is 3.45. The van der Waals surface area contributed by atoms with E-state index in [1.807, 2.05) is 62.9 Å². The Bertz CT molecular complexity index is 1130. The number of hydrogen-bond donors (Lipinski definition) is 0. The summed E-state index contributed by atoms with van der Waals surface area (Å²) in [5, 5.41) is 0. The van der Waals surface area contributed by atoms with E-state index in [9.17, 15) is 9.59 Å². The van der Waals surface area contributed by atoms with Crippen molar-refractivity contribution in [2.45, 2.75) is 44.6 Å². The van der Waals surface area contributed by atoms with Crippen molar-refractivity contribution in [1.82, 2.24) is 14.5 Å². The number of anilines is 1. The molecule has 2 saturated heterocycles. The molecule has 2 fully saturated rings. The van der Waals surface area contributed by atoms with Crippen molar-refractivity contribution in [3.8, 4) is 0 Å². The number of aromatic nitrogens is 2. The zero-order valence-corrected chi connectivity index (χ0v) is 19.6. The summed E-state index contributed by atoms with van der Waals surface area (Å²) in [4.78, 5) is 34.8. The normalized spacial score (nSPS) is 19.5. The molecule has 0 bridgehead atoms. The lowest BCUT2D eigenvalue weighted by atomic mass is 10.1. The quantitative estimate of drug-likeness (QED) is 0.526. The van der Waals surface area contributed by atoms with Crippen LogP contribution in [0.15, 0.2) is 53.0 Å². The molecule has 3 aromatic rings. The second-order valence-corrected chi connectivity index (χ2v) is 9.64. The lowest BCUT2D eigenvalue weighted by molar-refractivity contribution is -0.131. The SMILES string of the molecule is O=C(Cn1c(C2CC(=O)N(c3ccc(Br)cc3)C2)nc2ccccc21)N1CCCCCC1. The molecule has 7 heteroatoms. The van der Waals surface area contributed by atoms with Gasteiger partial charge in [0, 0.05) is 42.1 Å². The number of rotatable bonds is 4. The van der Waals surface area contributed by atoms with E-state index >= 15 is 0 Å². The van der Waals surface area contributed by atoms with E-state index in [2.05, 4.69) is 15.9 Å². The standard InChI is InChI=1S/C25H27BrN4O2/c26-19-9-11-20(12-10-19)29-16-18(15-23(29)31)25-27-21-7-3-4-8-22(21)30(25)17-24(32)28-13-5-1-2-6-14-28/h3-4,7-12,18H,1-2,5-6,13-17H2. The van der Waals surface area contributed by atoms with Gasteiger partial charge in [-0.25, -0.2) is 4.98 Å². The lowest BCUT2D eigenvalue weighted by Gasteiger charge is -2.22. The Morgan fingerprint density at radius 3 is 2.47 bits per heavy atom. The average molecular weight is 495 g/mol. The van der Waals surface area contributed by atoms with Crippen molar-refractivity contribution >= 4 is 44.5 Å². The first kappa shape index (κ1) is 21.2. The third-order valence-electron chi connectivity index (χ3n) is 6.56. The highest BCUT2D eigenvalue weighted by Crippen LogP contribution is 2.33. The Kier molecular flexibility index (Phi) is 6.00. The molecule has 2 aromatic carbocycles. The summed E-state index contributed by atoms with van der Waals surface area (Å²) in [5.41, 5.74) is 2.73. The molecular weight excluding hydrogens is 468 g/mol. The molecule has 1 atom stereocenters. The van der Waals surface area contributed by atoms with E-state index < -0.39 is 0 Å². The van der Waals surface area contributed by atoms with Crippen molar-refractivity contribution in [2.75, 3.05) is 24.5 Å². The molecule has 2 amide bonds. The van der Waals surface area contributed by atoms with E-state index in [0.717, 1.165) is 52.9 Å². The van der Waals surface area contributed by atoms with E-state index in [-0.39, 0.29) is 24.3 Å². The summed E-state index contributed by atoms with van der Waals surface area (Å²) in [6.45, 7) is 2.51. The van der Waals surface area contributed by atoms with Gasteiger partial charge in [-0.1, -0.05) is 40.9 Å². The zero-order chi connectivity index (χ0) is 22.1. The second kappa shape index (κ2) is 9.06. The van der Waals surface area contributed by atoms with Gasteiger partial charge in [-0.3, -0.25) is 9.59 Å². The van der Waals surface area contributed by atoms with Gasteiger partial charge in [0.25, 0.3) is 0 Å². The van der Waals surface area contributed by atoms with Crippen molar-refractivity contribution < 1.29 is 9.59 Å². The molecule has 2 aliphatic heterocycles. The summed E-state index contributed by atoms with van der Waals surface area (Å²) in [7, 11) is 0. The fourth-order valence-corrected chi connectivity index (χ4v) is 5.14. The Labute approximate surface area is 196 Å². The van der Waals surface area contributed by atoms with Crippen LogP contribution in [0.25, 0.3) is 11.0 Å². The number of nitrogens with zero attached hydrogens (tertiary/aromatic N) is 4. The molecule has 32 heavy (non-hydrogen) atoms. The predicted molar refractivity (Wildman–Crippen MR) is 129 cm³/mol. The first-order chi connectivity index (χ1) is 15.6. The highest BCUT2D eigenvalue weighted by molar-refractivity contribution is 9.10. The number of imidazole rings is 1. The van der Waals surface area contributed by atoms with Crippen LogP contribution in [-0.4, -0.2) is 45.9 Å². The number of carbonyl (C=O) groups is 2. The molecule has 5 rings (SSSR count). The molecular formula is C25H27BrN4O2. The molecule has 0 spiro atoms. The Hall–Kier alpha value is -2.67. The number of fused-ring (bicyclic) bond motifs is 1. The first-order valence-corrected chi connectivity index (χ1v) is 12.2. The van der Waals surface area contributed by atoms with Crippen LogP contribution in [0.3, 0.4) is 0 Å². The number of hydrogen-bond acceptors (Lipinski definition) is 3. The highest BCUT2D eigenvalue weighted by atomic mass is 79.9. The third kappa shape index (κ3) is 4.18. The maximum atomic E-state index is 13.2. The molecule has 166 valence electrons. The average Bonchev–Trinajstić information content (AvgIpc) is 3.22. The van der Waals surface area contributed by atoms with Crippen LogP contribution < -0.4 is 4.90 Å².